The summed E-state index contributed by atoms with van der Waals surface area (Å²) in [6.45, 7) is 4.46. The van der Waals surface area contributed by atoms with E-state index in [0.29, 0.717) is 12.2 Å². The highest BCUT2D eigenvalue weighted by molar-refractivity contribution is 7.23. The molecule has 2 aromatic rings. The SMILES string of the molecule is CCCNCCNC(=O)c1csc(-c2ccc(Cl)s2)n1.Cl.Cl. The molecule has 9 heteroatoms. The molecule has 0 aromatic carbocycles. The summed E-state index contributed by atoms with van der Waals surface area (Å²) in [6.07, 6.45) is 1.09. The van der Waals surface area contributed by atoms with E-state index in [0.717, 1.165) is 33.7 Å². The first-order valence-corrected chi connectivity index (χ1v) is 8.48. The fourth-order valence-corrected chi connectivity index (χ4v) is 3.49. The molecule has 2 N–H and O–H groups in total. The molecule has 22 heavy (non-hydrogen) atoms. The van der Waals surface area contributed by atoms with Gasteiger partial charge < -0.3 is 10.6 Å². The van der Waals surface area contributed by atoms with Gasteiger partial charge in [0.1, 0.15) is 10.7 Å². The molecule has 0 aliphatic rings. The van der Waals surface area contributed by atoms with Gasteiger partial charge in [-0.25, -0.2) is 4.98 Å². The molecule has 124 valence electrons. The molecular weight excluding hydrogens is 385 g/mol. The van der Waals surface area contributed by atoms with Crippen LogP contribution in [0.5, 0.6) is 0 Å². The van der Waals surface area contributed by atoms with Crippen molar-refractivity contribution in [2.24, 2.45) is 0 Å². The lowest BCUT2D eigenvalue weighted by Gasteiger charge is -2.04. The van der Waals surface area contributed by atoms with Gasteiger partial charge in [0.15, 0.2) is 0 Å². The first kappa shape index (κ1) is 21.6. The third-order valence-corrected chi connectivity index (χ3v) is 4.78. The number of carbonyl (C=O) groups is 1. The minimum atomic E-state index is -0.131. The van der Waals surface area contributed by atoms with Crippen LogP contribution in [0.1, 0.15) is 23.8 Å². The lowest BCUT2D eigenvalue weighted by atomic mass is 10.4. The summed E-state index contributed by atoms with van der Waals surface area (Å²) in [7, 11) is 0. The van der Waals surface area contributed by atoms with Crippen LogP contribution in [0.2, 0.25) is 4.34 Å². The molecule has 2 heterocycles. The number of halogens is 3. The average molecular weight is 403 g/mol. The zero-order valence-electron chi connectivity index (χ0n) is 11.9. The van der Waals surface area contributed by atoms with Crippen molar-refractivity contribution < 1.29 is 4.79 Å². The normalized spacial score (nSPS) is 9.73. The largest absolute Gasteiger partial charge is 0.349 e. The van der Waals surface area contributed by atoms with Gasteiger partial charge in [0, 0.05) is 18.5 Å². The molecule has 0 fully saturated rings. The van der Waals surface area contributed by atoms with Gasteiger partial charge in [-0.3, -0.25) is 4.79 Å². The summed E-state index contributed by atoms with van der Waals surface area (Å²) in [4.78, 5) is 17.2. The van der Waals surface area contributed by atoms with Crippen molar-refractivity contribution in [3.63, 3.8) is 0 Å². The minimum Gasteiger partial charge on any atom is -0.349 e. The number of thiazole rings is 1. The third-order valence-electron chi connectivity index (χ3n) is 2.53. The van der Waals surface area contributed by atoms with E-state index in [9.17, 15) is 4.79 Å². The van der Waals surface area contributed by atoms with Gasteiger partial charge in [-0.1, -0.05) is 18.5 Å². The predicted octanol–water partition coefficient (Wildman–Crippen LogP) is 4.10. The highest BCUT2D eigenvalue weighted by Gasteiger charge is 2.12. The molecule has 0 aliphatic heterocycles. The van der Waals surface area contributed by atoms with Gasteiger partial charge in [0.25, 0.3) is 5.91 Å². The van der Waals surface area contributed by atoms with Crippen molar-refractivity contribution in [3.8, 4) is 9.88 Å². The van der Waals surface area contributed by atoms with Crippen LogP contribution in [0.25, 0.3) is 9.88 Å². The maximum atomic E-state index is 11.9. The van der Waals surface area contributed by atoms with Crippen molar-refractivity contribution in [2.45, 2.75) is 13.3 Å². The molecule has 0 atom stereocenters. The summed E-state index contributed by atoms with van der Waals surface area (Å²) >= 11 is 8.82. The van der Waals surface area contributed by atoms with Gasteiger partial charge in [-0.2, -0.15) is 0 Å². The summed E-state index contributed by atoms with van der Waals surface area (Å²) in [5, 5.41) is 8.68. The van der Waals surface area contributed by atoms with Crippen LogP contribution in [0.4, 0.5) is 0 Å². The van der Waals surface area contributed by atoms with E-state index in [1.165, 1.54) is 22.7 Å². The number of hydrogen-bond acceptors (Lipinski definition) is 5. The minimum absolute atomic E-state index is 0. The molecule has 0 saturated carbocycles. The molecule has 0 bridgehead atoms. The second-order valence-electron chi connectivity index (χ2n) is 4.15. The number of thiophene rings is 1. The molecule has 0 saturated heterocycles. The van der Waals surface area contributed by atoms with Crippen LogP contribution in [-0.2, 0) is 0 Å². The topological polar surface area (TPSA) is 54.0 Å². The molecule has 2 aromatic heterocycles. The van der Waals surface area contributed by atoms with Gasteiger partial charge >= 0.3 is 0 Å². The smallest absolute Gasteiger partial charge is 0.270 e. The lowest BCUT2D eigenvalue weighted by Crippen LogP contribution is -2.32. The van der Waals surface area contributed by atoms with E-state index in [-0.39, 0.29) is 30.7 Å². The highest BCUT2D eigenvalue weighted by atomic mass is 35.5. The highest BCUT2D eigenvalue weighted by Crippen LogP contribution is 2.32. The van der Waals surface area contributed by atoms with Crippen LogP contribution in [-0.4, -0.2) is 30.5 Å². The molecule has 2 rings (SSSR count). The quantitative estimate of drug-likeness (QED) is 0.686. The van der Waals surface area contributed by atoms with Gasteiger partial charge in [-0.15, -0.1) is 47.5 Å². The Labute approximate surface area is 155 Å². The summed E-state index contributed by atoms with van der Waals surface area (Å²) in [5.41, 5.74) is 0.463. The van der Waals surface area contributed by atoms with E-state index >= 15 is 0 Å². The van der Waals surface area contributed by atoms with Crippen molar-refractivity contribution in [1.82, 2.24) is 15.6 Å². The first-order valence-electron chi connectivity index (χ1n) is 6.41. The Morgan fingerprint density at radius 3 is 2.68 bits per heavy atom. The fraction of sp³-hybridized carbons (Fsp3) is 0.385. The molecule has 0 spiro atoms. The first-order chi connectivity index (χ1) is 9.70. The zero-order chi connectivity index (χ0) is 14.4. The van der Waals surface area contributed by atoms with Gasteiger partial charge in [0.2, 0.25) is 0 Å². The lowest BCUT2D eigenvalue weighted by molar-refractivity contribution is 0.0950. The Balaban J connectivity index is 0.00000220. The van der Waals surface area contributed by atoms with Crippen LogP contribution in [0, 0.1) is 0 Å². The summed E-state index contributed by atoms with van der Waals surface area (Å²) < 4.78 is 0.725. The number of carbonyl (C=O) groups excluding carboxylic acids is 1. The number of nitrogens with zero attached hydrogens (tertiary/aromatic N) is 1. The van der Waals surface area contributed by atoms with Crippen molar-refractivity contribution in [1.29, 1.82) is 0 Å². The van der Waals surface area contributed by atoms with Crippen LogP contribution in [0.3, 0.4) is 0 Å². The third kappa shape index (κ3) is 6.40. The Morgan fingerprint density at radius 1 is 1.27 bits per heavy atom. The molecule has 4 nitrogen and oxygen atoms in total. The average Bonchev–Trinajstić information content (AvgIpc) is 3.06. The number of rotatable bonds is 7. The van der Waals surface area contributed by atoms with Crippen molar-refractivity contribution >= 4 is 65.0 Å². The molecule has 0 aliphatic carbocycles. The van der Waals surface area contributed by atoms with Crippen molar-refractivity contribution in [3.05, 3.63) is 27.5 Å². The molecule has 1 amide bonds. The van der Waals surface area contributed by atoms with Crippen LogP contribution >= 0.6 is 59.1 Å². The predicted molar refractivity (Wildman–Crippen MR) is 100 cm³/mol. The van der Waals surface area contributed by atoms with E-state index in [2.05, 4.69) is 22.5 Å². The maximum absolute atomic E-state index is 11.9. The van der Waals surface area contributed by atoms with Crippen LogP contribution < -0.4 is 10.6 Å². The number of amides is 1. The second kappa shape index (κ2) is 11.2. The zero-order valence-corrected chi connectivity index (χ0v) is 15.9. The fourth-order valence-electron chi connectivity index (χ4n) is 1.58. The monoisotopic (exact) mass is 401 g/mol. The van der Waals surface area contributed by atoms with Crippen molar-refractivity contribution in [2.75, 3.05) is 19.6 Å². The summed E-state index contributed by atoms with van der Waals surface area (Å²) in [6, 6.07) is 3.75. The Hall–Kier alpha value is -0.370. The van der Waals surface area contributed by atoms with Gasteiger partial charge in [-0.05, 0) is 25.1 Å². The number of hydrogen-bond donors (Lipinski definition) is 2. The molecular formula is C13H18Cl3N3OS2. The molecule has 0 radical (unpaired) electrons. The van der Waals surface area contributed by atoms with E-state index < -0.39 is 0 Å². The Kier molecular flexibility index (Phi) is 11.0. The van der Waals surface area contributed by atoms with Gasteiger partial charge in [0.05, 0.1) is 9.21 Å². The number of nitrogens with one attached hydrogen (secondary N) is 2. The summed E-state index contributed by atoms with van der Waals surface area (Å²) in [5.74, 6) is -0.131. The van der Waals surface area contributed by atoms with E-state index in [4.69, 9.17) is 11.6 Å². The van der Waals surface area contributed by atoms with E-state index in [1.807, 2.05) is 12.1 Å². The Bertz CT molecular complexity index is 574. The van der Waals surface area contributed by atoms with Crippen LogP contribution in [0.15, 0.2) is 17.5 Å². The van der Waals surface area contributed by atoms with E-state index in [1.54, 1.807) is 5.38 Å². The standard InChI is InChI=1S/C13H16ClN3OS2.2ClH/c1-2-5-15-6-7-16-12(18)9-8-19-13(17-9)10-3-4-11(14)20-10;;/h3-4,8,15H,2,5-7H2,1H3,(H,16,18);2*1H. The molecule has 0 unspecified atom stereocenters. The number of aromatic nitrogens is 1. The maximum Gasteiger partial charge on any atom is 0.270 e. The second-order valence-corrected chi connectivity index (χ2v) is 6.72. The Morgan fingerprint density at radius 2 is 2.05 bits per heavy atom.